The average molecular weight is 288 g/mol. The van der Waals surface area contributed by atoms with Crippen LogP contribution in [0.15, 0.2) is 34.7 Å². The Morgan fingerprint density at radius 2 is 1.95 bits per heavy atom. The van der Waals surface area contributed by atoms with E-state index >= 15 is 0 Å². The molecule has 2 aromatic rings. The van der Waals surface area contributed by atoms with Gasteiger partial charge in [-0.25, -0.2) is 4.39 Å². The summed E-state index contributed by atoms with van der Waals surface area (Å²) in [5.41, 5.74) is 0.550. The minimum Gasteiger partial charge on any atom is -0.487 e. The lowest BCUT2D eigenvalue weighted by molar-refractivity contribution is 0.110. The predicted octanol–water partition coefficient (Wildman–Crippen LogP) is 4.61. The van der Waals surface area contributed by atoms with Crippen LogP contribution in [0, 0.1) is 5.82 Å². The van der Waals surface area contributed by atoms with Gasteiger partial charge < -0.3 is 9.15 Å². The molecule has 0 N–H and O–H groups in total. The van der Waals surface area contributed by atoms with E-state index in [0.717, 1.165) is 25.7 Å². The van der Waals surface area contributed by atoms with Gasteiger partial charge in [0.25, 0.3) is 0 Å². The summed E-state index contributed by atoms with van der Waals surface area (Å²) in [7, 11) is 0. The van der Waals surface area contributed by atoms with Crippen molar-refractivity contribution in [2.24, 2.45) is 0 Å². The summed E-state index contributed by atoms with van der Waals surface area (Å²) < 4.78 is 25.4. The molecule has 0 bridgehead atoms. The Morgan fingerprint density at radius 3 is 2.67 bits per heavy atom. The summed E-state index contributed by atoms with van der Waals surface area (Å²) in [5.74, 6) is 0.485. The SMILES string of the molecule is O=Cc1ccc(-c2cccc(F)c2OC2CCCCC2)o1. The zero-order valence-corrected chi connectivity index (χ0v) is 11.7. The molecule has 0 radical (unpaired) electrons. The standard InChI is InChI=1S/C17H17FO3/c18-15-8-4-7-14(16-10-9-13(11-19)20-16)17(15)21-12-5-2-1-3-6-12/h4,7-12H,1-3,5-6H2. The highest BCUT2D eigenvalue weighted by Gasteiger charge is 2.20. The highest BCUT2D eigenvalue weighted by atomic mass is 19.1. The maximum atomic E-state index is 14.1. The van der Waals surface area contributed by atoms with E-state index in [1.807, 2.05) is 0 Å². The molecule has 0 aliphatic heterocycles. The van der Waals surface area contributed by atoms with Crippen molar-refractivity contribution in [3.05, 3.63) is 41.9 Å². The molecule has 1 heterocycles. The van der Waals surface area contributed by atoms with Crippen LogP contribution in [-0.2, 0) is 0 Å². The van der Waals surface area contributed by atoms with Crippen LogP contribution in [0.25, 0.3) is 11.3 Å². The lowest BCUT2D eigenvalue weighted by Gasteiger charge is -2.24. The molecule has 21 heavy (non-hydrogen) atoms. The van der Waals surface area contributed by atoms with Gasteiger partial charge in [-0.1, -0.05) is 12.5 Å². The average Bonchev–Trinajstić information content (AvgIpc) is 2.99. The van der Waals surface area contributed by atoms with Gasteiger partial charge in [0, 0.05) is 0 Å². The van der Waals surface area contributed by atoms with E-state index in [4.69, 9.17) is 9.15 Å². The topological polar surface area (TPSA) is 39.4 Å². The summed E-state index contributed by atoms with van der Waals surface area (Å²) in [6, 6.07) is 7.96. The first-order valence-electron chi connectivity index (χ1n) is 7.28. The number of para-hydroxylation sites is 1. The Morgan fingerprint density at radius 1 is 1.14 bits per heavy atom. The highest BCUT2D eigenvalue weighted by Crippen LogP contribution is 2.35. The third-order valence-electron chi connectivity index (χ3n) is 3.81. The fourth-order valence-corrected chi connectivity index (χ4v) is 2.73. The van der Waals surface area contributed by atoms with Gasteiger partial charge in [-0.15, -0.1) is 0 Å². The van der Waals surface area contributed by atoms with Crippen molar-refractivity contribution in [3.63, 3.8) is 0 Å². The lowest BCUT2D eigenvalue weighted by atomic mass is 9.97. The van der Waals surface area contributed by atoms with E-state index in [-0.39, 0.29) is 17.6 Å². The second-order valence-corrected chi connectivity index (χ2v) is 5.31. The predicted molar refractivity (Wildman–Crippen MR) is 77.0 cm³/mol. The van der Waals surface area contributed by atoms with Crippen molar-refractivity contribution in [3.8, 4) is 17.1 Å². The van der Waals surface area contributed by atoms with Gasteiger partial charge in [0.1, 0.15) is 5.76 Å². The Labute approximate surface area is 122 Å². The van der Waals surface area contributed by atoms with Gasteiger partial charge in [-0.05, 0) is 49.9 Å². The number of hydrogen-bond donors (Lipinski definition) is 0. The first-order valence-corrected chi connectivity index (χ1v) is 7.28. The number of rotatable bonds is 4. The fraction of sp³-hybridized carbons (Fsp3) is 0.353. The van der Waals surface area contributed by atoms with Gasteiger partial charge in [-0.2, -0.15) is 0 Å². The lowest BCUT2D eigenvalue weighted by Crippen LogP contribution is -2.20. The van der Waals surface area contributed by atoms with Crippen LogP contribution in [-0.4, -0.2) is 12.4 Å². The molecule has 1 fully saturated rings. The molecule has 3 nitrogen and oxygen atoms in total. The molecule has 1 saturated carbocycles. The molecule has 0 atom stereocenters. The molecule has 0 amide bonds. The smallest absolute Gasteiger partial charge is 0.185 e. The van der Waals surface area contributed by atoms with Gasteiger partial charge in [-0.3, -0.25) is 4.79 Å². The number of benzene rings is 1. The minimum atomic E-state index is -0.401. The number of hydrogen-bond acceptors (Lipinski definition) is 3. The van der Waals surface area contributed by atoms with E-state index in [1.54, 1.807) is 24.3 Å². The normalized spacial score (nSPS) is 15.9. The number of ether oxygens (including phenoxy) is 1. The van der Waals surface area contributed by atoms with Crippen LogP contribution < -0.4 is 4.74 Å². The van der Waals surface area contributed by atoms with Crippen molar-refractivity contribution in [1.82, 2.24) is 0 Å². The van der Waals surface area contributed by atoms with E-state index in [1.165, 1.54) is 12.5 Å². The Balaban J connectivity index is 1.92. The summed E-state index contributed by atoms with van der Waals surface area (Å²) in [4.78, 5) is 10.7. The molecular formula is C17H17FO3. The van der Waals surface area contributed by atoms with Gasteiger partial charge >= 0.3 is 0 Å². The molecule has 3 rings (SSSR count). The Bertz CT molecular complexity index is 627. The quantitative estimate of drug-likeness (QED) is 0.771. The molecule has 0 unspecified atom stereocenters. The number of furan rings is 1. The number of aldehydes is 1. The fourth-order valence-electron chi connectivity index (χ4n) is 2.73. The third kappa shape index (κ3) is 2.99. The molecule has 1 aliphatic rings. The minimum absolute atomic E-state index is 0.0508. The molecule has 1 aliphatic carbocycles. The van der Waals surface area contributed by atoms with Crippen LogP contribution >= 0.6 is 0 Å². The summed E-state index contributed by atoms with van der Waals surface area (Å²) in [6.07, 6.45) is 6.02. The van der Waals surface area contributed by atoms with Crippen LogP contribution in [0.1, 0.15) is 42.7 Å². The molecule has 4 heteroatoms. The second kappa shape index (κ2) is 6.12. The molecular weight excluding hydrogens is 271 g/mol. The monoisotopic (exact) mass is 288 g/mol. The van der Waals surface area contributed by atoms with Crippen LogP contribution in [0.4, 0.5) is 4.39 Å². The van der Waals surface area contributed by atoms with Crippen molar-refractivity contribution in [2.45, 2.75) is 38.2 Å². The third-order valence-corrected chi connectivity index (χ3v) is 3.81. The zero-order valence-electron chi connectivity index (χ0n) is 11.7. The van der Waals surface area contributed by atoms with E-state index in [0.29, 0.717) is 17.6 Å². The summed E-state index contributed by atoms with van der Waals surface area (Å²) in [6.45, 7) is 0. The van der Waals surface area contributed by atoms with Crippen molar-refractivity contribution in [2.75, 3.05) is 0 Å². The molecule has 0 saturated heterocycles. The summed E-state index contributed by atoms with van der Waals surface area (Å²) >= 11 is 0. The second-order valence-electron chi connectivity index (χ2n) is 5.31. The molecule has 0 spiro atoms. The first-order chi connectivity index (χ1) is 10.3. The summed E-state index contributed by atoms with van der Waals surface area (Å²) in [5, 5.41) is 0. The van der Waals surface area contributed by atoms with Crippen molar-refractivity contribution in [1.29, 1.82) is 0 Å². The number of carbonyl (C=O) groups excluding carboxylic acids is 1. The van der Waals surface area contributed by atoms with Crippen LogP contribution in [0.3, 0.4) is 0 Å². The van der Waals surface area contributed by atoms with Crippen LogP contribution in [0.2, 0.25) is 0 Å². The first kappa shape index (κ1) is 13.9. The van der Waals surface area contributed by atoms with E-state index in [9.17, 15) is 9.18 Å². The van der Waals surface area contributed by atoms with E-state index in [2.05, 4.69) is 0 Å². The van der Waals surface area contributed by atoms with Crippen LogP contribution in [0.5, 0.6) is 5.75 Å². The Hall–Kier alpha value is -2.10. The van der Waals surface area contributed by atoms with Gasteiger partial charge in [0.05, 0.1) is 11.7 Å². The molecule has 110 valence electrons. The van der Waals surface area contributed by atoms with Crippen molar-refractivity contribution >= 4 is 6.29 Å². The Kier molecular flexibility index (Phi) is 4.04. The maximum Gasteiger partial charge on any atom is 0.185 e. The number of halogens is 1. The molecule has 1 aromatic carbocycles. The van der Waals surface area contributed by atoms with E-state index < -0.39 is 5.82 Å². The largest absolute Gasteiger partial charge is 0.487 e. The van der Waals surface area contributed by atoms with Crippen molar-refractivity contribution < 1.29 is 18.3 Å². The highest BCUT2D eigenvalue weighted by molar-refractivity contribution is 5.74. The number of carbonyl (C=O) groups is 1. The maximum absolute atomic E-state index is 14.1. The van der Waals surface area contributed by atoms with Gasteiger partial charge in [0.2, 0.25) is 0 Å². The molecule has 1 aromatic heterocycles. The van der Waals surface area contributed by atoms with Gasteiger partial charge in [0.15, 0.2) is 23.6 Å². The zero-order chi connectivity index (χ0) is 14.7.